The Bertz CT molecular complexity index is 805. The molecule has 0 spiro atoms. The smallest absolute Gasteiger partial charge is 0.317 e. The highest BCUT2D eigenvalue weighted by molar-refractivity contribution is 6.02. The van der Waals surface area contributed by atoms with E-state index in [1.807, 2.05) is 24.3 Å². The Morgan fingerprint density at radius 3 is 1.94 bits per heavy atom. The van der Waals surface area contributed by atoms with Crippen molar-refractivity contribution in [2.75, 3.05) is 0 Å². The van der Waals surface area contributed by atoms with Crippen molar-refractivity contribution in [3.05, 3.63) is 35.4 Å². The van der Waals surface area contributed by atoms with Gasteiger partial charge >= 0.3 is 11.9 Å². The fourth-order valence-corrected chi connectivity index (χ4v) is 4.23. The maximum Gasteiger partial charge on any atom is 0.317 e. The lowest BCUT2D eigenvalue weighted by Gasteiger charge is -2.44. The van der Waals surface area contributed by atoms with Gasteiger partial charge in [0.2, 0.25) is 0 Å². The minimum atomic E-state index is -1.65. The van der Waals surface area contributed by atoms with Crippen molar-refractivity contribution >= 4 is 17.7 Å². The quantitative estimate of drug-likeness (QED) is 0.560. The van der Waals surface area contributed by atoms with Gasteiger partial charge in [-0.1, -0.05) is 45.0 Å². The molecule has 172 valence electrons. The van der Waals surface area contributed by atoms with E-state index in [4.69, 9.17) is 9.47 Å². The molecule has 1 fully saturated rings. The zero-order chi connectivity index (χ0) is 23.7. The number of ether oxygens (including phenoxy) is 2. The van der Waals surface area contributed by atoms with Gasteiger partial charge in [0.05, 0.1) is 23.7 Å². The van der Waals surface area contributed by atoms with Crippen molar-refractivity contribution in [1.82, 2.24) is 0 Å². The van der Waals surface area contributed by atoms with Gasteiger partial charge in [0.1, 0.15) is 5.92 Å². The minimum absolute atomic E-state index is 0.0850. The standard InChI is InChI=1S/C25H36O6/c1-14(2)30-22(27)20-18(26)13-25(8,29)21(23(28)31-15(3)4)19(20)16-9-11-17(12-10-16)24(5,6)7/h9-12,14-15,19-21,29H,13H2,1-8H3. The molecule has 0 radical (unpaired) electrons. The van der Waals surface area contributed by atoms with Gasteiger partial charge in [0, 0.05) is 12.3 Å². The topological polar surface area (TPSA) is 89.9 Å². The molecule has 4 atom stereocenters. The second kappa shape index (κ2) is 9.11. The summed E-state index contributed by atoms with van der Waals surface area (Å²) >= 11 is 0. The van der Waals surface area contributed by atoms with E-state index in [1.54, 1.807) is 27.7 Å². The van der Waals surface area contributed by atoms with Crippen LogP contribution >= 0.6 is 0 Å². The summed E-state index contributed by atoms with van der Waals surface area (Å²) in [7, 11) is 0. The number of aliphatic hydroxyl groups is 1. The molecule has 1 saturated carbocycles. The van der Waals surface area contributed by atoms with E-state index in [-0.39, 0.29) is 11.8 Å². The third kappa shape index (κ3) is 5.73. The van der Waals surface area contributed by atoms with Crippen molar-refractivity contribution in [1.29, 1.82) is 0 Å². The van der Waals surface area contributed by atoms with Crippen LogP contribution < -0.4 is 0 Å². The van der Waals surface area contributed by atoms with Crippen molar-refractivity contribution in [2.24, 2.45) is 11.8 Å². The zero-order valence-electron chi connectivity index (χ0n) is 19.9. The number of rotatable bonds is 5. The molecule has 0 aromatic heterocycles. The Morgan fingerprint density at radius 1 is 1.00 bits per heavy atom. The third-order valence-electron chi connectivity index (χ3n) is 5.64. The molecule has 4 unspecified atom stereocenters. The molecular formula is C25H36O6. The van der Waals surface area contributed by atoms with Gasteiger partial charge in [-0.3, -0.25) is 14.4 Å². The third-order valence-corrected chi connectivity index (χ3v) is 5.64. The molecule has 0 heterocycles. The average Bonchev–Trinajstić information content (AvgIpc) is 2.57. The summed E-state index contributed by atoms with van der Waals surface area (Å²) in [5.74, 6) is -4.90. The summed E-state index contributed by atoms with van der Waals surface area (Å²) in [6.45, 7) is 14.6. The minimum Gasteiger partial charge on any atom is -0.463 e. The fraction of sp³-hybridized carbons (Fsp3) is 0.640. The number of benzene rings is 1. The highest BCUT2D eigenvalue weighted by atomic mass is 16.5. The first kappa shape index (κ1) is 25.1. The zero-order valence-corrected chi connectivity index (χ0v) is 19.9. The molecule has 1 aliphatic carbocycles. The predicted octanol–water partition coefficient (Wildman–Crippen LogP) is 3.93. The number of carbonyl (C=O) groups excluding carboxylic acids is 3. The monoisotopic (exact) mass is 432 g/mol. The van der Waals surface area contributed by atoms with Crippen molar-refractivity contribution < 1.29 is 29.0 Å². The molecule has 31 heavy (non-hydrogen) atoms. The lowest BCUT2D eigenvalue weighted by atomic mass is 9.61. The normalized spacial score (nSPS) is 26.8. The first-order valence-electron chi connectivity index (χ1n) is 10.9. The lowest BCUT2D eigenvalue weighted by Crippen LogP contribution is -2.55. The Labute approximate surface area is 185 Å². The number of ketones is 1. The molecule has 0 saturated heterocycles. The van der Waals surface area contributed by atoms with E-state index in [9.17, 15) is 19.5 Å². The summed E-state index contributed by atoms with van der Waals surface area (Å²) in [6, 6.07) is 7.51. The molecule has 0 amide bonds. The van der Waals surface area contributed by atoms with Crippen LogP contribution in [-0.4, -0.2) is 40.6 Å². The summed E-state index contributed by atoms with van der Waals surface area (Å²) in [5.41, 5.74) is -0.0332. The molecule has 1 N–H and O–H groups in total. The molecule has 1 aromatic rings. The Hall–Kier alpha value is -2.21. The Morgan fingerprint density at radius 2 is 1.48 bits per heavy atom. The van der Waals surface area contributed by atoms with Gasteiger partial charge in [-0.15, -0.1) is 0 Å². The second-order valence-electron chi connectivity index (χ2n) is 10.3. The number of hydrogen-bond donors (Lipinski definition) is 1. The van der Waals surface area contributed by atoms with Crippen LogP contribution in [0.25, 0.3) is 0 Å². The van der Waals surface area contributed by atoms with Gasteiger partial charge in [-0.25, -0.2) is 0 Å². The van der Waals surface area contributed by atoms with Gasteiger partial charge < -0.3 is 14.6 Å². The van der Waals surface area contributed by atoms with Crippen LogP contribution in [-0.2, 0) is 29.3 Å². The molecule has 1 aliphatic rings. The summed E-state index contributed by atoms with van der Waals surface area (Å²) < 4.78 is 10.8. The Kier molecular flexibility index (Phi) is 7.36. The first-order valence-corrected chi connectivity index (χ1v) is 10.9. The van der Waals surface area contributed by atoms with E-state index in [0.717, 1.165) is 5.56 Å². The number of hydrogen-bond acceptors (Lipinski definition) is 6. The number of esters is 2. The van der Waals surface area contributed by atoms with Crippen molar-refractivity contribution in [2.45, 2.75) is 91.0 Å². The molecule has 1 aromatic carbocycles. The molecule has 0 aliphatic heterocycles. The maximum atomic E-state index is 13.1. The summed E-state index contributed by atoms with van der Waals surface area (Å²) in [6.07, 6.45) is -1.13. The van der Waals surface area contributed by atoms with Crippen molar-refractivity contribution in [3.63, 3.8) is 0 Å². The molecule has 0 bridgehead atoms. The van der Waals surface area contributed by atoms with E-state index < -0.39 is 53.3 Å². The van der Waals surface area contributed by atoms with Crippen LogP contribution in [0.15, 0.2) is 24.3 Å². The SMILES string of the molecule is CC(C)OC(=O)C1C(=O)CC(C)(O)C(C(=O)OC(C)C)C1c1ccc(C(C)(C)C)cc1. The van der Waals surface area contributed by atoms with E-state index in [1.165, 1.54) is 6.92 Å². The van der Waals surface area contributed by atoms with Crippen LogP contribution in [0.3, 0.4) is 0 Å². The summed E-state index contributed by atoms with van der Waals surface area (Å²) in [4.78, 5) is 39.1. The van der Waals surface area contributed by atoms with E-state index in [0.29, 0.717) is 5.56 Å². The van der Waals surface area contributed by atoms with Gasteiger partial charge in [0.25, 0.3) is 0 Å². The van der Waals surface area contributed by atoms with Gasteiger partial charge in [-0.05, 0) is 51.2 Å². The van der Waals surface area contributed by atoms with Crippen LogP contribution in [0.5, 0.6) is 0 Å². The molecular weight excluding hydrogens is 396 g/mol. The number of carbonyl (C=O) groups is 3. The highest BCUT2D eigenvalue weighted by Gasteiger charge is 2.57. The van der Waals surface area contributed by atoms with Crippen LogP contribution in [0.1, 0.15) is 78.9 Å². The van der Waals surface area contributed by atoms with Crippen molar-refractivity contribution in [3.8, 4) is 0 Å². The van der Waals surface area contributed by atoms with Crippen LogP contribution in [0.4, 0.5) is 0 Å². The second-order valence-corrected chi connectivity index (χ2v) is 10.3. The van der Waals surface area contributed by atoms with E-state index >= 15 is 0 Å². The average molecular weight is 433 g/mol. The molecule has 6 nitrogen and oxygen atoms in total. The van der Waals surface area contributed by atoms with Gasteiger partial charge in [0.15, 0.2) is 5.78 Å². The van der Waals surface area contributed by atoms with Crippen LogP contribution in [0.2, 0.25) is 0 Å². The first-order chi connectivity index (χ1) is 14.1. The van der Waals surface area contributed by atoms with Gasteiger partial charge in [-0.2, -0.15) is 0 Å². The fourth-order valence-electron chi connectivity index (χ4n) is 4.23. The number of Topliss-reactive ketones (excluding diaryl/α,β-unsaturated/α-hetero) is 1. The van der Waals surface area contributed by atoms with Crippen LogP contribution in [0, 0.1) is 11.8 Å². The predicted molar refractivity (Wildman–Crippen MR) is 118 cm³/mol. The maximum absolute atomic E-state index is 13.1. The highest BCUT2D eigenvalue weighted by Crippen LogP contribution is 2.47. The Balaban J connectivity index is 2.63. The van der Waals surface area contributed by atoms with E-state index in [2.05, 4.69) is 20.8 Å². The lowest BCUT2D eigenvalue weighted by molar-refractivity contribution is -0.176. The molecule has 2 rings (SSSR count). The largest absolute Gasteiger partial charge is 0.463 e. The molecule has 6 heteroatoms. The summed E-state index contributed by atoms with van der Waals surface area (Å²) in [5, 5.41) is 11.1.